The summed E-state index contributed by atoms with van der Waals surface area (Å²) < 4.78 is 24.2. The maximum atomic E-state index is 12.3. The zero-order chi connectivity index (χ0) is 15.6. The second-order valence-electron chi connectivity index (χ2n) is 5.75. The highest BCUT2D eigenvalue weighted by Crippen LogP contribution is 2.24. The molecule has 2 atom stereocenters. The number of nitrogens with two attached hydrogens (primary N) is 1. The lowest BCUT2D eigenvalue weighted by molar-refractivity contribution is -0.129. The van der Waals surface area contributed by atoms with Gasteiger partial charge in [0.1, 0.15) is 0 Å². The number of primary sulfonamides is 1. The zero-order valence-electron chi connectivity index (χ0n) is 12.4. The summed E-state index contributed by atoms with van der Waals surface area (Å²) >= 11 is 0. The van der Waals surface area contributed by atoms with E-state index in [4.69, 9.17) is 5.14 Å². The normalized spacial score (nSPS) is 22.7. The van der Waals surface area contributed by atoms with E-state index in [0.29, 0.717) is 19.5 Å². The van der Waals surface area contributed by atoms with Crippen molar-refractivity contribution in [1.82, 2.24) is 14.7 Å². The van der Waals surface area contributed by atoms with Gasteiger partial charge in [-0.25, -0.2) is 13.6 Å². The van der Waals surface area contributed by atoms with E-state index in [0.717, 1.165) is 12.1 Å². The first-order valence-corrected chi connectivity index (χ1v) is 8.79. The minimum Gasteiger partial charge on any atom is -0.342 e. The van der Waals surface area contributed by atoms with E-state index >= 15 is 0 Å². The molecule has 2 heterocycles. The molecule has 8 heteroatoms. The summed E-state index contributed by atoms with van der Waals surface area (Å²) in [5, 5.41) is 9.24. The Morgan fingerprint density at radius 3 is 2.76 bits per heavy atom. The highest BCUT2D eigenvalue weighted by molar-refractivity contribution is 7.89. The second-order valence-corrected chi connectivity index (χ2v) is 7.41. The van der Waals surface area contributed by atoms with Crippen LogP contribution in [0.15, 0.2) is 12.4 Å². The molecule has 2 rings (SSSR count). The third-order valence-corrected chi connectivity index (χ3v) is 4.83. The number of carbonyl (C=O) groups is 1. The predicted octanol–water partition coefficient (Wildman–Crippen LogP) is -0.171. The molecule has 1 saturated heterocycles. The van der Waals surface area contributed by atoms with Crippen molar-refractivity contribution in [3.8, 4) is 0 Å². The van der Waals surface area contributed by atoms with Crippen LogP contribution in [0, 0.1) is 11.8 Å². The molecule has 1 fully saturated rings. The van der Waals surface area contributed by atoms with Gasteiger partial charge in [-0.15, -0.1) is 0 Å². The van der Waals surface area contributed by atoms with Crippen molar-refractivity contribution in [2.45, 2.75) is 26.8 Å². The first-order chi connectivity index (χ1) is 9.78. The minimum absolute atomic E-state index is 0.00872. The van der Waals surface area contributed by atoms with Crippen molar-refractivity contribution >= 4 is 15.9 Å². The van der Waals surface area contributed by atoms with E-state index in [9.17, 15) is 13.2 Å². The number of aromatic nitrogens is 2. The van der Waals surface area contributed by atoms with Crippen LogP contribution in [-0.2, 0) is 27.8 Å². The van der Waals surface area contributed by atoms with E-state index in [-0.39, 0.29) is 23.5 Å². The topological polar surface area (TPSA) is 98.3 Å². The van der Waals surface area contributed by atoms with Gasteiger partial charge in [-0.1, -0.05) is 6.92 Å². The third kappa shape index (κ3) is 4.28. The van der Waals surface area contributed by atoms with Gasteiger partial charge in [-0.05, 0) is 24.3 Å². The molecular weight excluding hydrogens is 292 g/mol. The number of sulfonamides is 1. The van der Waals surface area contributed by atoms with Gasteiger partial charge in [0, 0.05) is 25.8 Å². The Hall–Kier alpha value is -1.41. The molecule has 1 aliphatic heterocycles. The van der Waals surface area contributed by atoms with Gasteiger partial charge < -0.3 is 4.90 Å². The fourth-order valence-corrected chi connectivity index (χ4v) is 3.74. The number of hydrogen-bond donors (Lipinski definition) is 1. The lowest BCUT2D eigenvalue weighted by atomic mass is 10.0. The van der Waals surface area contributed by atoms with Gasteiger partial charge in [0.05, 0.1) is 18.4 Å². The second kappa shape index (κ2) is 6.15. The molecule has 0 unspecified atom stereocenters. The Balaban J connectivity index is 1.95. The Morgan fingerprint density at radius 2 is 2.19 bits per heavy atom. The number of carbonyl (C=O) groups excluding carboxylic acids is 1. The Labute approximate surface area is 125 Å². The summed E-state index contributed by atoms with van der Waals surface area (Å²) in [7, 11) is -3.50. The fourth-order valence-electron chi connectivity index (χ4n) is 2.71. The molecule has 0 saturated carbocycles. The number of hydrogen-bond acceptors (Lipinski definition) is 4. The van der Waals surface area contributed by atoms with Crippen molar-refractivity contribution in [3.63, 3.8) is 0 Å². The van der Waals surface area contributed by atoms with Crippen LogP contribution in [0.25, 0.3) is 0 Å². The number of aryl methyl sites for hydroxylation is 1. The number of nitrogens with zero attached hydrogens (tertiary/aromatic N) is 3. The summed E-state index contributed by atoms with van der Waals surface area (Å²) in [5.41, 5.74) is 0.879. The van der Waals surface area contributed by atoms with Crippen molar-refractivity contribution < 1.29 is 13.2 Å². The maximum Gasteiger partial charge on any atom is 0.227 e. The molecule has 21 heavy (non-hydrogen) atoms. The minimum atomic E-state index is -3.50. The Morgan fingerprint density at radius 1 is 1.48 bits per heavy atom. The van der Waals surface area contributed by atoms with Crippen LogP contribution in [0.2, 0.25) is 0 Å². The number of rotatable bonds is 5. The quantitative estimate of drug-likeness (QED) is 0.815. The van der Waals surface area contributed by atoms with Crippen molar-refractivity contribution in [2.24, 2.45) is 17.0 Å². The molecule has 1 aromatic rings. The van der Waals surface area contributed by atoms with Gasteiger partial charge in [0.2, 0.25) is 15.9 Å². The first-order valence-electron chi connectivity index (χ1n) is 7.08. The summed E-state index contributed by atoms with van der Waals surface area (Å²) in [5.74, 6) is 0.00787. The van der Waals surface area contributed by atoms with Crippen LogP contribution in [0.1, 0.15) is 19.4 Å². The summed E-state index contributed by atoms with van der Waals surface area (Å²) in [6, 6.07) is 0. The van der Waals surface area contributed by atoms with Gasteiger partial charge in [-0.2, -0.15) is 5.10 Å². The zero-order valence-corrected chi connectivity index (χ0v) is 13.2. The van der Waals surface area contributed by atoms with Gasteiger partial charge in [-0.3, -0.25) is 9.48 Å². The highest BCUT2D eigenvalue weighted by atomic mass is 32.2. The summed E-state index contributed by atoms with van der Waals surface area (Å²) in [6.45, 7) is 5.75. The molecule has 1 amide bonds. The predicted molar refractivity (Wildman–Crippen MR) is 78.8 cm³/mol. The van der Waals surface area contributed by atoms with Crippen LogP contribution >= 0.6 is 0 Å². The van der Waals surface area contributed by atoms with Gasteiger partial charge >= 0.3 is 0 Å². The highest BCUT2D eigenvalue weighted by Gasteiger charge is 2.34. The average molecular weight is 314 g/mol. The molecule has 118 valence electrons. The Bertz CT molecular complexity index is 611. The average Bonchev–Trinajstić information content (AvgIpc) is 2.95. The molecule has 0 spiro atoms. The van der Waals surface area contributed by atoms with Crippen molar-refractivity contribution in [3.05, 3.63) is 18.0 Å². The van der Waals surface area contributed by atoms with Crippen LogP contribution < -0.4 is 5.14 Å². The SMILES string of the molecule is CCn1cc(CC(=O)N2C[C@@H](CS(N)(=O)=O)[C@H](C)C2)cn1. The van der Waals surface area contributed by atoms with E-state index < -0.39 is 10.0 Å². The molecule has 1 aromatic heterocycles. The Kier molecular flexibility index (Phi) is 4.67. The van der Waals surface area contributed by atoms with Crippen molar-refractivity contribution in [1.29, 1.82) is 0 Å². The summed E-state index contributed by atoms with van der Waals surface area (Å²) in [6.07, 6.45) is 3.86. The van der Waals surface area contributed by atoms with E-state index in [1.165, 1.54) is 0 Å². The monoisotopic (exact) mass is 314 g/mol. The molecule has 0 bridgehead atoms. The summed E-state index contributed by atoms with van der Waals surface area (Å²) in [4.78, 5) is 14.0. The standard InChI is InChI=1S/C13H22N4O3S/c1-3-17-7-11(5-15-17)4-13(18)16-6-10(2)12(8-16)9-21(14,19)20/h5,7,10,12H,3-4,6,8-9H2,1-2H3,(H2,14,19,20)/t10-,12+/m1/s1. The van der Waals surface area contributed by atoms with Crippen molar-refractivity contribution in [2.75, 3.05) is 18.8 Å². The number of amides is 1. The maximum absolute atomic E-state index is 12.3. The first kappa shape index (κ1) is 16.0. The van der Waals surface area contributed by atoms with Crippen LogP contribution in [0.3, 0.4) is 0 Å². The van der Waals surface area contributed by atoms with Gasteiger partial charge in [0.15, 0.2) is 0 Å². The largest absolute Gasteiger partial charge is 0.342 e. The fraction of sp³-hybridized carbons (Fsp3) is 0.692. The van der Waals surface area contributed by atoms with E-state index in [2.05, 4.69) is 5.10 Å². The number of likely N-dealkylation sites (tertiary alicyclic amines) is 1. The molecule has 0 radical (unpaired) electrons. The lowest BCUT2D eigenvalue weighted by Crippen LogP contribution is -2.31. The van der Waals surface area contributed by atoms with E-state index in [1.807, 2.05) is 20.0 Å². The van der Waals surface area contributed by atoms with Crippen LogP contribution in [0.4, 0.5) is 0 Å². The lowest BCUT2D eigenvalue weighted by Gasteiger charge is -2.15. The van der Waals surface area contributed by atoms with E-state index in [1.54, 1.807) is 15.8 Å². The third-order valence-electron chi connectivity index (χ3n) is 3.93. The molecular formula is C13H22N4O3S. The molecule has 7 nitrogen and oxygen atoms in total. The molecule has 0 aliphatic carbocycles. The molecule has 0 aromatic carbocycles. The van der Waals surface area contributed by atoms with Gasteiger partial charge in [0.25, 0.3) is 0 Å². The van der Waals surface area contributed by atoms with Crippen LogP contribution in [0.5, 0.6) is 0 Å². The smallest absolute Gasteiger partial charge is 0.227 e. The molecule has 2 N–H and O–H groups in total. The molecule has 1 aliphatic rings. The van der Waals surface area contributed by atoms with Crippen LogP contribution in [-0.4, -0.2) is 47.8 Å².